The maximum absolute atomic E-state index is 12.3. The van der Waals surface area contributed by atoms with Gasteiger partial charge in [-0.25, -0.2) is 4.98 Å². The molecular formula is C18H25N5O. The summed E-state index contributed by atoms with van der Waals surface area (Å²) in [6, 6.07) is 10.4. The fourth-order valence-corrected chi connectivity index (χ4v) is 2.95. The maximum Gasteiger partial charge on any atom is 0.255 e. The largest absolute Gasteiger partial charge is 0.354 e. The summed E-state index contributed by atoms with van der Waals surface area (Å²) in [5.41, 5.74) is 3.01. The third kappa shape index (κ3) is 4.21. The summed E-state index contributed by atoms with van der Waals surface area (Å²) in [5, 5.41) is 3.20. The van der Waals surface area contributed by atoms with Crippen LogP contribution in [0.15, 0.2) is 35.1 Å². The number of hydrogen-bond acceptors (Lipinski definition) is 5. The standard InChI is InChI=1S/C18H25N5O/c1-22(2)11-9-19-18-20-16-13-23(10-8-15(16)17(24)21-18)12-14-6-4-3-5-7-14/h3-7H,8-13H2,1-2H3,(H2,19,20,21,24). The summed E-state index contributed by atoms with van der Waals surface area (Å²) in [5.74, 6) is 0.571. The van der Waals surface area contributed by atoms with Crippen molar-refractivity contribution in [2.75, 3.05) is 39.0 Å². The quantitative estimate of drug-likeness (QED) is 0.837. The van der Waals surface area contributed by atoms with Crippen LogP contribution < -0.4 is 10.9 Å². The smallest absolute Gasteiger partial charge is 0.255 e. The van der Waals surface area contributed by atoms with Crippen LogP contribution in [0.4, 0.5) is 5.95 Å². The first-order valence-electron chi connectivity index (χ1n) is 8.39. The highest BCUT2D eigenvalue weighted by atomic mass is 16.1. The van der Waals surface area contributed by atoms with Gasteiger partial charge in [0.2, 0.25) is 5.95 Å². The van der Waals surface area contributed by atoms with Gasteiger partial charge in [0.05, 0.1) is 5.69 Å². The lowest BCUT2D eigenvalue weighted by Crippen LogP contribution is -2.35. The van der Waals surface area contributed by atoms with Crippen molar-refractivity contribution >= 4 is 5.95 Å². The number of benzene rings is 1. The highest BCUT2D eigenvalue weighted by molar-refractivity contribution is 5.31. The number of H-pyrrole nitrogens is 1. The monoisotopic (exact) mass is 327 g/mol. The van der Waals surface area contributed by atoms with Gasteiger partial charge in [-0.1, -0.05) is 30.3 Å². The predicted octanol–water partition coefficient (Wildman–Crippen LogP) is 1.30. The third-order valence-electron chi connectivity index (χ3n) is 4.25. The highest BCUT2D eigenvalue weighted by Crippen LogP contribution is 2.17. The molecule has 1 aliphatic rings. The van der Waals surface area contributed by atoms with Gasteiger partial charge in [-0.3, -0.25) is 14.7 Å². The lowest BCUT2D eigenvalue weighted by atomic mass is 10.1. The molecule has 24 heavy (non-hydrogen) atoms. The topological polar surface area (TPSA) is 64.3 Å². The molecule has 0 spiro atoms. The van der Waals surface area contributed by atoms with Crippen molar-refractivity contribution in [2.45, 2.75) is 19.5 Å². The van der Waals surface area contributed by atoms with Crippen molar-refractivity contribution < 1.29 is 0 Å². The zero-order valence-electron chi connectivity index (χ0n) is 14.4. The van der Waals surface area contributed by atoms with E-state index in [0.29, 0.717) is 5.95 Å². The second-order valence-electron chi connectivity index (χ2n) is 6.52. The minimum atomic E-state index is -0.00767. The molecule has 2 N–H and O–H groups in total. The number of fused-ring (bicyclic) bond motifs is 1. The van der Waals surface area contributed by atoms with Crippen LogP contribution in [0.3, 0.4) is 0 Å². The van der Waals surface area contributed by atoms with Crippen LogP contribution >= 0.6 is 0 Å². The Kier molecular flexibility index (Phi) is 5.27. The van der Waals surface area contributed by atoms with Crippen molar-refractivity contribution in [3.05, 3.63) is 57.5 Å². The fraction of sp³-hybridized carbons (Fsp3) is 0.444. The van der Waals surface area contributed by atoms with Gasteiger partial charge >= 0.3 is 0 Å². The molecule has 0 saturated heterocycles. The molecular weight excluding hydrogens is 302 g/mol. The Morgan fingerprint density at radius 2 is 2.08 bits per heavy atom. The molecule has 0 amide bonds. The molecule has 0 fully saturated rings. The molecule has 1 aromatic heterocycles. The Bertz CT molecular complexity index is 726. The molecule has 0 radical (unpaired) electrons. The van der Waals surface area contributed by atoms with Gasteiger partial charge in [-0.05, 0) is 26.1 Å². The van der Waals surface area contributed by atoms with Crippen molar-refractivity contribution in [3.8, 4) is 0 Å². The van der Waals surface area contributed by atoms with E-state index < -0.39 is 0 Å². The average Bonchev–Trinajstić information content (AvgIpc) is 2.55. The first kappa shape index (κ1) is 16.7. The lowest BCUT2D eigenvalue weighted by molar-refractivity contribution is 0.240. The molecule has 0 aliphatic carbocycles. The molecule has 3 rings (SSSR count). The van der Waals surface area contributed by atoms with Gasteiger partial charge in [0.25, 0.3) is 5.56 Å². The van der Waals surface area contributed by atoms with E-state index in [4.69, 9.17) is 0 Å². The van der Waals surface area contributed by atoms with Gasteiger partial charge in [-0.2, -0.15) is 0 Å². The fourth-order valence-electron chi connectivity index (χ4n) is 2.95. The lowest BCUT2D eigenvalue weighted by Gasteiger charge is -2.27. The number of likely N-dealkylation sites (N-methyl/N-ethyl adjacent to an activating group) is 1. The van der Waals surface area contributed by atoms with Crippen LogP contribution in [-0.4, -0.2) is 53.5 Å². The minimum absolute atomic E-state index is 0.00767. The number of rotatable bonds is 6. The first-order valence-corrected chi connectivity index (χ1v) is 8.39. The maximum atomic E-state index is 12.3. The average molecular weight is 327 g/mol. The summed E-state index contributed by atoms with van der Waals surface area (Å²) in [6.07, 6.45) is 0.752. The number of hydrogen-bond donors (Lipinski definition) is 2. The Labute approximate surface area is 142 Å². The van der Waals surface area contributed by atoms with Crippen molar-refractivity contribution in [1.29, 1.82) is 0 Å². The van der Waals surface area contributed by atoms with E-state index in [0.717, 1.165) is 50.4 Å². The first-order chi connectivity index (χ1) is 11.6. The van der Waals surface area contributed by atoms with Gasteiger partial charge in [-0.15, -0.1) is 0 Å². The molecule has 0 unspecified atom stereocenters. The zero-order chi connectivity index (χ0) is 16.9. The SMILES string of the molecule is CN(C)CCNc1nc2c(c(=O)[nH]1)CCN(Cc1ccccc1)C2. The molecule has 2 heterocycles. The number of anilines is 1. The van der Waals surface area contributed by atoms with Crippen molar-refractivity contribution in [2.24, 2.45) is 0 Å². The third-order valence-corrected chi connectivity index (χ3v) is 4.25. The van der Waals surface area contributed by atoms with E-state index in [-0.39, 0.29) is 5.56 Å². The second-order valence-corrected chi connectivity index (χ2v) is 6.52. The zero-order valence-corrected chi connectivity index (χ0v) is 14.4. The van der Waals surface area contributed by atoms with Gasteiger partial charge in [0.1, 0.15) is 0 Å². The van der Waals surface area contributed by atoms with Crippen LogP contribution in [0.5, 0.6) is 0 Å². The number of aromatic amines is 1. The predicted molar refractivity (Wildman–Crippen MR) is 96.2 cm³/mol. The summed E-state index contributed by atoms with van der Waals surface area (Å²) in [7, 11) is 4.04. The van der Waals surface area contributed by atoms with E-state index in [1.807, 2.05) is 20.2 Å². The van der Waals surface area contributed by atoms with E-state index >= 15 is 0 Å². The van der Waals surface area contributed by atoms with Gasteiger partial charge in [0.15, 0.2) is 0 Å². The molecule has 1 aromatic carbocycles. The molecule has 1 aliphatic heterocycles. The van der Waals surface area contributed by atoms with Crippen molar-refractivity contribution in [3.63, 3.8) is 0 Å². The summed E-state index contributed by atoms with van der Waals surface area (Å²) >= 11 is 0. The Hall–Kier alpha value is -2.18. The Morgan fingerprint density at radius 1 is 1.29 bits per heavy atom. The number of aromatic nitrogens is 2. The van der Waals surface area contributed by atoms with E-state index in [1.165, 1.54) is 5.56 Å². The molecule has 6 nitrogen and oxygen atoms in total. The Morgan fingerprint density at radius 3 is 2.83 bits per heavy atom. The van der Waals surface area contributed by atoms with Gasteiger partial charge in [0, 0.05) is 38.3 Å². The van der Waals surface area contributed by atoms with E-state index in [1.54, 1.807) is 0 Å². The molecule has 0 bridgehead atoms. The normalized spacial score (nSPS) is 14.6. The van der Waals surface area contributed by atoms with Crippen LogP contribution in [0.25, 0.3) is 0 Å². The molecule has 0 saturated carbocycles. The van der Waals surface area contributed by atoms with Crippen LogP contribution in [-0.2, 0) is 19.5 Å². The van der Waals surface area contributed by atoms with E-state index in [9.17, 15) is 4.79 Å². The molecule has 2 aromatic rings. The highest BCUT2D eigenvalue weighted by Gasteiger charge is 2.21. The van der Waals surface area contributed by atoms with Gasteiger partial charge < -0.3 is 10.2 Å². The van der Waals surface area contributed by atoms with Crippen molar-refractivity contribution in [1.82, 2.24) is 19.8 Å². The number of nitrogens with one attached hydrogen (secondary N) is 2. The second kappa shape index (κ2) is 7.59. The summed E-state index contributed by atoms with van der Waals surface area (Å²) < 4.78 is 0. The Balaban J connectivity index is 1.70. The summed E-state index contributed by atoms with van der Waals surface area (Å²) in [4.78, 5) is 24.2. The van der Waals surface area contributed by atoms with Crippen LogP contribution in [0, 0.1) is 0 Å². The summed E-state index contributed by atoms with van der Waals surface area (Å²) in [6.45, 7) is 4.14. The number of nitrogens with zero attached hydrogens (tertiary/aromatic N) is 3. The molecule has 6 heteroatoms. The molecule has 0 atom stereocenters. The van der Waals surface area contributed by atoms with Crippen LogP contribution in [0.2, 0.25) is 0 Å². The molecule has 128 valence electrons. The minimum Gasteiger partial charge on any atom is -0.354 e. The van der Waals surface area contributed by atoms with Crippen LogP contribution in [0.1, 0.15) is 16.8 Å². The van der Waals surface area contributed by atoms with E-state index in [2.05, 4.69) is 49.4 Å².